The summed E-state index contributed by atoms with van der Waals surface area (Å²) in [7, 11) is 0. The van der Waals surface area contributed by atoms with Gasteiger partial charge in [0.05, 0.1) is 10.7 Å². The molecule has 0 unspecified atom stereocenters. The second kappa shape index (κ2) is 7.19. The molecule has 0 aliphatic rings. The summed E-state index contributed by atoms with van der Waals surface area (Å²) in [5.41, 5.74) is 1.78. The third-order valence-electron chi connectivity index (χ3n) is 2.79. The van der Waals surface area contributed by atoms with E-state index in [-0.39, 0.29) is 0 Å². The van der Waals surface area contributed by atoms with E-state index >= 15 is 0 Å². The number of rotatable bonds is 6. The molecule has 0 saturated heterocycles. The molecule has 19 heavy (non-hydrogen) atoms. The average Bonchev–Trinajstić information content (AvgIpc) is 2.34. The van der Waals surface area contributed by atoms with Crippen molar-refractivity contribution in [3.05, 3.63) is 34.9 Å². The fourth-order valence-corrected chi connectivity index (χ4v) is 2.22. The molecule has 3 nitrogen and oxygen atoms in total. The zero-order valence-corrected chi connectivity index (χ0v) is 12.3. The number of carboxylic acids is 1. The van der Waals surface area contributed by atoms with E-state index in [1.54, 1.807) is 6.07 Å². The Bertz CT molecular complexity index is 469. The van der Waals surface area contributed by atoms with Crippen molar-refractivity contribution < 1.29 is 9.90 Å². The van der Waals surface area contributed by atoms with Gasteiger partial charge in [-0.15, -0.1) is 0 Å². The number of hydrogen-bond donors (Lipinski definition) is 1. The minimum Gasteiger partial charge on any atom is -0.478 e. The number of hydrogen-bond acceptors (Lipinski definition) is 2. The predicted molar refractivity (Wildman–Crippen MR) is 80.9 cm³/mol. The first-order valence-electron chi connectivity index (χ1n) is 6.43. The van der Waals surface area contributed by atoms with Gasteiger partial charge in [-0.25, -0.2) is 4.79 Å². The quantitative estimate of drug-likeness (QED) is 0.799. The summed E-state index contributed by atoms with van der Waals surface area (Å²) in [6.45, 7) is 7.34. The molecular weight excluding hydrogens is 262 g/mol. The van der Waals surface area contributed by atoms with Crippen molar-refractivity contribution in [3.63, 3.8) is 0 Å². The molecule has 0 atom stereocenters. The third-order valence-corrected chi connectivity index (χ3v) is 3.09. The van der Waals surface area contributed by atoms with Crippen LogP contribution in [0, 0.1) is 0 Å². The van der Waals surface area contributed by atoms with Crippen molar-refractivity contribution >= 4 is 29.3 Å². The fraction of sp³-hybridized carbons (Fsp3) is 0.400. The van der Waals surface area contributed by atoms with Crippen molar-refractivity contribution in [1.29, 1.82) is 0 Å². The summed E-state index contributed by atoms with van der Waals surface area (Å²) in [6, 6.07) is 5.99. The van der Waals surface area contributed by atoms with Crippen LogP contribution >= 0.6 is 11.6 Å². The Morgan fingerprint density at radius 2 is 2.16 bits per heavy atom. The van der Waals surface area contributed by atoms with E-state index < -0.39 is 5.97 Å². The maximum absolute atomic E-state index is 10.5. The number of benzene rings is 1. The molecule has 1 rings (SSSR count). The average molecular weight is 282 g/mol. The molecule has 0 aromatic heterocycles. The van der Waals surface area contributed by atoms with Crippen LogP contribution in [-0.2, 0) is 4.79 Å². The maximum Gasteiger partial charge on any atom is 0.328 e. The molecule has 0 amide bonds. The Labute approximate surface area is 119 Å². The highest BCUT2D eigenvalue weighted by Crippen LogP contribution is 2.29. The number of halogens is 1. The van der Waals surface area contributed by atoms with Crippen molar-refractivity contribution in [1.82, 2.24) is 0 Å². The standard InChI is InChI=1S/C15H20ClNO2/c1-4-9-17(11(2)3)14-7-5-12(10-13(14)16)6-8-15(18)19/h5-8,10-11H,4,9H2,1-3H3,(H,18,19)/b8-6+. The van der Waals surface area contributed by atoms with E-state index in [2.05, 4.69) is 25.7 Å². The Hall–Kier alpha value is -1.48. The zero-order valence-electron chi connectivity index (χ0n) is 11.6. The lowest BCUT2D eigenvalue weighted by atomic mass is 10.1. The summed E-state index contributed by atoms with van der Waals surface area (Å²) < 4.78 is 0. The summed E-state index contributed by atoms with van der Waals surface area (Å²) in [5, 5.41) is 9.25. The van der Waals surface area contributed by atoms with Crippen molar-refractivity contribution in [3.8, 4) is 0 Å². The lowest BCUT2D eigenvalue weighted by Gasteiger charge is -2.29. The number of carboxylic acid groups (broad SMARTS) is 1. The minimum absolute atomic E-state index is 0.373. The van der Waals surface area contributed by atoms with Crippen LogP contribution in [0.4, 0.5) is 5.69 Å². The monoisotopic (exact) mass is 281 g/mol. The Morgan fingerprint density at radius 1 is 1.47 bits per heavy atom. The van der Waals surface area contributed by atoms with Crippen LogP contribution in [0.15, 0.2) is 24.3 Å². The number of nitrogens with zero attached hydrogens (tertiary/aromatic N) is 1. The molecule has 1 aromatic rings. The van der Waals surface area contributed by atoms with Crippen LogP contribution in [-0.4, -0.2) is 23.7 Å². The molecule has 4 heteroatoms. The molecule has 104 valence electrons. The summed E-state index contributed by atoms with van der Waals surface area (Å²) in [6.07, 6.45) is 3.70. The Kier molecular flexibility index (Phi) is 5.90. The first-order chi connectivity index (χ1) is 8.95. The highest BCUT2D eigenvalue weighted by atomic mass is 35.5. The first-order valence-corrected chi connectivity index (χ1v) is 6.80. The molecule has 0 aliphatic carbocycles. The third kappa shape index (κ3) is 4.60. The van der Waals surface area contributed by atoms with Gasteiger partial charge in [0.15, 0.2) is 0 Å². The highest BCUT2D eigenvalue weighted by molar-refractivity contribution is 6.33. The van der Waals surface area contributed by atoms with E-state index in [1.165, 1.54) is 6.08 Å². The van der Waals surface area contributed by atoms with Crippen molar-refractivity contribution in [2.24, 2.45) is 0 Å². The van der Waals surface area contributed by atoms with Crippen LogP contribution in [0.3, 0.4) is 0 Å². The van der Waals surface area contributed by atoms with Gasteiger partial charge in [-0.2, -0.15) is 0 Å². The van der Waals surface area contributed by atoms with E-state index in [4.69, 9.17) is 16.7 Å². The zero-order chi connectivity index (χ0) is 14.4. The summed E-state index contributed by atoms with van der Waals surface area (Å²) >= 11 is 6.30. The molecule has 0 spiro atoms. The summed E-state index contributed by atoms with van der Waals surface area (Å²) in [5.74, 6) is -0.963. The van der Waals surface area contributed by atoms with Crippen LogP contribution < -0.4 is 4.90 Å². The number of carbonyl (C=O) groups is 1. The molecule has 1 aromatic carbocycles. The second-order valence-electron chi connectivity index (χ2n) is 4.67. The maximum atomic E-state index is 10.5. The van der Waals surface area contributed by atoms with E-state index in [1.807, 2.05) is 12.1 Å². The molecule has 0 aliphatic heterocycles. The molecule has 0 heterocycles. The van der Waals surface area contributed by atoms with E-state index in [0.717, 1.165) is 30.3 Å². The van der Waals surface area contributed by atoms with Gasteiger partial charge in [0.1, 0.15) is 0 Å². The van der Waals surface area contributed by atoms with Gasteiger partial charge in [0.2, 0.25) is 0 Å². The van der Waals surface area contributed by atoms with Gasteiger partial charge in [-0.1, -0.05) is 24.6 Å². The van der Waals surface area contributed by atoms with E-state index in [9.17, 15) is 4.79 Å². The fourth-order valence-electron chi connectivity index (χ4n) is 1.92. The molecule has 0 saturated carbocycles. The predicted octanol–water partition coefficient (Wildman–Crippen LogP) is 4.06. The van der Waals surface area contributed by atoms with Gasteiger partial charge in [0.25, 0.3) is 0 Å². The molecule has 0 radical (unpaired) electrons. The lowest BCUT2D eigenvalue weighted by molar-refractivity contribution is -0.131. The minimum atomic E-state index is -0.963. The van der Waals surface area contributed by atoms with Crippen LogP contribution in [0.1, 0.15) is 32.8 Å². The first kappa shape index (κ1) is 15.6. The van der Waals surface area contributed by atoms with Gasteiger partial charge >= 0.3 is 5.97 Å². The van der Waals surface area contributed by atoms with Crippen LogP contribution in [0.25, 0.3) is 6.08 Å². The summed E-state index contributed by atoms with van der Waals surface area (Å²) in [4.78, 5) is 12.7. The van der Waals surface area contributed by atoms with Gasteiger partial charge in [0, 0.05) is 18.7 Å². The molecule has 0 fully saturated rings. The van der Waals surface area contributed by atoms with Crippen LogP contribution in [0.5, 0.6) is 0 Å². The SMILES string of the molecule is CCCN(c1ccc(/C=C/C(=O)O)cc1Cl)C(C)C. The molecule has 0 bridgehead atoms. The smallest absolute Gasteiger partial charge is 0.328 e. The van der Waals surface area contributed by atoms with Crippen molar-refractivity contribution in [2.75, 3.05) is 11.4 Å². The number of anilines is 1. The highest BCUT2D eigenvalue weighted by Gasteiger charge is 2.12. The Balaban J connectivity index is 3.01. The van der Waals surface area contributed by atoms with Gasteiger partial charge in [-0.05, 0) is 44.0 Å². The van der Waals surface area contributed by atoms with E-state index in [0.29, 0.717) is 11.1 Å². The number of aliphatic carboxylic acids is 1. The molecule has 1 N–H and O–H groups in total. The van der Waals surface area contributed by atoms with Gasteiger partial charge in [-0.3, -0.25) is 0 Å². The normalized spacial score (nSPS) is 11.2. The Morgan fingerprint density at radius 3 is 2.63 bits per heavy atom. The van der Waals surface area contributed by atoms with Crippen LogP contribution in [0.2, 0.25) is 5.02 Å². The largest absolute Gasteiger partial charge is 0.478 e. The lowest BCUT2D eigenvalue weighted by Crippen LogP contribution is -2.31. The van der Waals surface area contributed by atoms with Gasteiger partial charge < -0.3 is 10.0 Å². The van der Waals surface area contributed by atoms with Crippen molar-refractivity contribution in [2.45, 2.75) is 33.2 Å². The second-order valence-corrected chi connectivity index (χ2v) is 5.08. The molecular formula is C15H20ClNO2. The topological polar surface area (TPSA) is 40.5 Å².